The molecular formula is C12H12ClNO. The topological polar surface area (TPSA) is 20.3 Å². The molecule has 2 nitrogen and oxygen atoms in total. The van der Waals surface area contributed by atoms with E-state index in [2.05, 4.69) is 6.92 Å². The second kappa shape index (κ2) is 2.76. The van der Waals surface area contributed by atoms with Gasteiger partial charge in [-0.3, -0.25) is 4.79 Å². The molecular weight excluding hydrogens is 210 g/mol. The maximum atomic E-state index is 11.8. The van der Waals surface area contributed by atoms with Crippen LogP contribution in [0.4, 0.5) is 5.69 Å². The fourth-order valence-electron chi connectivity index (χ4n) is 2.82. The van der Waals surface area contributed by atoms with Gasteiger partial charge in [-0.05, 0) is 43.5 Å². The number of amides is 1. The Morgan fingerprint density at radius 1 is 1.47 bits per heavy atom. The first-order chi connectivity index (χ1) is 7.10. The molecule has 1 amide bonds. The smallest absolute Gasteiger partial charge is 0.227 e. The zero-order valence-corrected chi connectivity index (χ0v) is 9.34. The molecule has 0 bridgehead atoms. The highest BCUT2D eigenvalue weighted by atomic mass is 35.5. The average molecular weight is 222 g/mol. The molecule has 1 fully saturated rings. The van der Waals surface area contributed by atoms with E-state index in [-0.39, 0.29) is 11.4 Å². The van der Waals surface area contributed by atoms with Crippen LogP contribution in [0.3, 0.4) is 0 Å². The first-order valence-electron chi connectivity index (χ1n) is 5.22. The second-order valence-corrected chi connectivity index (χ2v) is 5.11. The fraction of sp³-hybridized carbons (Fsp3) is 0.417. The molecule has 15 heavy (non-hydrogen) atoms. The van der Waals surface area contributed by atoms with Gasteiger partial charge in [-0.1, -0.05) is 11.6 Å². The molecule has 1 saturated heterocycles. The summed E-state index contributed by atoms with van der Waals surface area (Å²) in [4.78, 5) is 13.8. The van der Waals surface area contributed by atoms with Crippen molar-refractivity contribution in [3.8, 4) is 0 Å². The van der Waals surface area contributed by atoms with E-state index in [1.807, 2.05) is 23.1 Å². The third kappa shape index (κ3) is 1.14. The Morgan fingerprint density at radius 3 is 3.07 bits per heavy atom. The van der Waals surface area contributed by atoms with Gasteiger partial charge in [0.15, 0.2) is 0 Å². The minimum atomic E-state index is 0.00407. The summed E-state index contributed by atoms with van der Waals surface area (Å²) in [6.07, 6.45) is 2.57. The summed E-state index contributed by atoms with van der Waals surface area (Å²) in [6, 6.07) is 5.80. The summed E-state index contributed by atoms with van der Waals surface area (Å²) >= 11 is 5.96. The van der Waals surface area contributed by atoms with E-state index in [1.54, 1.807) is 0 Å². The Labute approximate surface area is 93.8 Å². The molecule has 0 saturated carbocycles. The lowest BCUT2D eigenvalue weighted by Gasteiger charge is -2.27. The SMILES string of the molecule is CC12CCC(=O)N1c1ccc(Cl)cc1C2. The van der Waals surface area contributed by atoms with Gasteiger partial charge in [-0.15, -0.1) is 0 Å². The lowest BCUT2D eigenvalue weighted by Crippen LogP contribution is -2.40. The van der Waals surface area contributed by atoms with Crippen molar-refractivity contribution in [1.82, 2.24) is 0 Å². The van der Waals surface area contributed by atoms with Crippen LogP contribution in [-0.4, -0.2) is 11.4 Å². The number of benzene rings is 1. The van der Waals surface area contributed by atoms with E-state index < -0.39 is 0 Å². The summed E-state index contributed by atoms with van der Waals surface area (Å²) in [5.74, 6) is 0.249. The fourth-order valence-corrected chi connectivity index (χ4v) is 3.01. The minimum absolute atomic E-state index is 0.00407. The Kier molecular flexibility index (Phi) is 1.70. The lowest BCUT2D eigenvalue weighted by molar-refractivity contribution is -0.117. The Balaban J connectivity index is 2.16. The third-order valence-electron chi connectivity index (χ3n) is 3.52. The monoisotopic (exact) mass is 221 g/mol. The van der Waals surface area contributed by atoms with Crippen molar-refractivity contribution in [2.75, 3.05) is 4.90 Å². The highest BCUT2D eigenvalue weighted by molar-refractivity contribution is 6.30. The van der Waals surface area contributed by atoms with Gasteiger partial charge in [-0.25, -0.2) is 0 Å². The van der Waals surface area contributed by atoms with Crippen molar-refractivity contribution in [1.29, 1.82) is 0 Å². The second-order valence-electron chi connectivity index (χ2n) is 4.68. The molecule has 0 aliphatic carbocycles. The molecule has 0 spiro atoms. The van der Waals surface area contributed by atoms with Gasteiger partial charge in [0.05, 0.1) is 0 Å². The van der Waals surface area contributed by atoms with Crippen LogP contribution < -0.4 is 4.90 Å². The summed E-state index contributed by atoms with van der Waals surface area (Å²) in [6.45, 7) is 2.16. The summed E-state index contributed by atoms with van der Waals surface area (Å²) in [5.41, 5.74) is 2.27. The average Bonchev–Trinajstić information content (AvgIpc) is 2.60. The van der Waals surface area contributed by atoms with Crippen LogP contribution in [0.25, 0.3) is 0 Å². The Morgan fingerprint density at radius 2 is 2.27 bits per heavy atom. The lowest BCUT2D eigenvalue weighted by atomic mass is 9.95. The number of carbonyl (C=O) groups excluding carboxylic acids is 1. The summed E-state index contributed by atoms with van der Waals surface area (Å²) in [5, 5.41) is 0.756. The maximum Gasteiger partial charge on any atom is 0.227 e. The zero-order valence-electron chi connectivity index (χ0n) is 8.59. The number of fused-ring (bicyclic) bond motifs is 3. The van der Waals surface area contributed by atoms with E-state index in [1.165, 1.54) is 5.56 Å². The van der Waals surface area contributed by atoms with Crippen molar-refractivity contribution in [3.63, 3.8) is 0 Å². The van der Waals surface area contributed by atoms with Crippen molar-refractivity contribution >= 4 is 23.2 Å². The first kappa shape index (κ1) is 9.22. The van der Waals surface area contributed by atoms with Crippen LogP contribution in [0.15, 0.2) is 18.2 Å². The molecule has 3 rings (SSSR count). The van der Waals surface area contributed by atoms with Crippen LogP contribution in [0, 0.1) is 0 Å². The maximum absolute atomic E-state index is 11.8. The molecule has 0 radical (unpaired) electrons. The van der Waals surface area contributed by atoms with E-state index >= 15 is 0 Å². The number of nitrogens with zero attached hydrogens (tertiary/aromatic N) is 1. The number of carbonyl (C=O) groups is 1. The summed E-state index contributed by atoms with van der Waals surface area (Å²) in [7, 11) is 0. The molecule has 1 aromatic carbocycles. The standard InChI is InChI=1S/C12H12ClNO/c1-12-5-4-11(15)14(12)10-3-2-9(13)6-8(10)7-12/h2-3,6H,4-5,7H2,1H3. The summed E-state index contributed by atoms with van der Waals surface area (Å²) < 4.78 is 0. The normalized spacial score (nSPS) is 28.1. The molecule has 2 heterocycles. The quantitative estimate of drug-likeness (QED) is 0.660. The van der Waals surface area contributed by atoms with E-state index in [0.29, 0.717) is 6.42 Å². The van der Waals surface area contributed by atoms with E-state index in [0.717, 1.165) is 23.6 Å². The molecule has 0 aromatic heterocycles. The van der Waals surface area contributed by atoms with E-state index in [4.69, 9.17) is 11.6 Å². The van der Waals surface area contributed by atoms with Gasteiger partial charge < -0.3 is 4.90 Å². The van der Waals surface area contributed by atoms with Gasteiger partial charge in [0.1, 0.15) is 0 Å². The zero-order chi connectivity index (χ0) is 10.6. The molecule has 0 N–H and O–H groups in total. The van der Waals surface area contributed by atoms with Gasteiger partial charge in [0.25, 0.3) is 0 Å². The van der Waals surface area contributed by atoms with Crippen molar-refractivity contribution in [3.05, 3.63) is 28.8 Å². The predicted molar refractivity (Wildman–Crippen MR) is 60.3 cm³/mol. The van der Waals surface area contributed by atoms with Gasteiger partial charge in [0.2, 0.25) is 5.91 Å². The Hall–Kier alpha value is -1.02. The van der Waals surface area contributed by atoms with Crippen molar-refractivity contribution < 1.29 is 4.79 Å². The molecule has 3 heteroatoms. The molecule has 1 unspecified atom stereocenters. The highest BCUT2D eigenvalue weighted by Gasteiger charge is 2.47. The molecule has 1 aromatic rings. The van der Waals surface area contributed by atoms with Crippen molar-refractivity contribution in [2.45, 2.75) is 31.7 Å². The minimum Gasteiger partial charge on any atom is -0.306 e. The van der Waals surface area contributed by atoms with Crippen LogP contribution >= 0.6 is 11.6 Å². The number of halogens is 1. The predicted octanol–water partition coefficient (Wildman–Crippen LogP) is 2.78. The van der Waals surface area contributed by atoms with E-state index in [9.17, 15) is 4.79 Å². The van der Waals surface area contributed by atoms with Gasteiger partial charge in [-0.2, -0.15) is 0 Å². The van der Waals surface area contributed by atoms with Crippen molar-refractivity contribution in [2.24, 2.45) is 0 Å². The van der Waals surface area contributed by atoms with Gasteiger partial charge >= 0.3 is 0 Å². The third-order valence-corrected chi connectivity index (χ3v) is 3.76. The molecule has 1 atom stereocenters. The first-order valence-corrected chi connectivity index (χ1v) is 5.59. The molecule has 2 aliphatic heterocycles. The number of hydrogen-bond acceptors (Lipinski definition) is 1. The molecule has 78 valence electrons. The van der Waals surface area contributed by atoms with Crippen LogP contribution in [-0.2, 0) is 11.2 Å². The largest absolute Gasteiger partial charge is 0.306 e. The van der Waals surface area contributed by atoms with Gasteiger partial charge in [0, 0.05) is 22.7 Å². The number of rotatable bonds is 0. The Bertz CT molecular complexity index is 457. The highest BCUT2D eigenvalue weighted by Crippen LogP contribution is 2.46. The van der Waals surface area contributed by atoms with Crippen LogP contribution in [0.1, 0.15) is 25.3 Å². The van der Waals surface area contributed by atoms with Crippen LogP contribution in [0.5, 0.6) is 0 Å². The molecule has 2 aliphatic rings. The van der Waals surface area contributed by atoms with Crippen LogP contribution in [0.2, 0.25) is 5.02 Å². The number of anilines is 1. The number of hydrogen-bond donors (Lipinski definition) is 0.